The van der Waals surface area contributed by atoms with Crippen molar-refractivity contribution in [2.45, 2.75) is 46.3 Å². The van der Waals surface area contributed by atoms with Crippen molar-refractivity contribution in [3.63, 3.8) is 0 Å². The number of piperidine rings is 1. The molecule has 0 atom stereocenters. The minimum atomic E-state index is -0.296. The van der Waals surface area contributed by atoms with Crippen molar-refractivity contribution in [1.29, 1.82) is 0 Å². The number of rotatable bonds is 3. The number of hydrogen-bond acceptors (Lipinski definition) is 3. The van der Waals surface area contributed by atoms with Gasteiger partial charge < -0.3 is 15.3 Å². The van der Waals surface area contributed by atoms with Crippen molar-refractivity contribution in [2.75, 3.05) is 18.4 Å². The third-order valence-corrected chi connectivity index (χ3v) is 3.90. The van der Waals surface area contributed by atoms with Crippen LogP contribution in [0.25, 0.3) is 0 Å². The molecular formula is C17H26N2O2. The summed E-state index contributed by atoms with van der Waals surface area (Å²) < 4.78 is 0. The number of amides is 1. The lowest BCUT2D eigenvalue weighted by atomic mass is 9.93. The average Bonchev–Trinajstić information content (AvgIpc) is 2.46. The SMILES string of the molecule is CC(C)(C)C(=O)N1CCC(Nc2cccc(CO)c2)CC1. The normalized spacial score (nSPS) is 16.9. The Balaban J connectivity index is 1.88. The molecule has 1 amide bonds. The predicted molar refractivity (Wildman–Crippen MR) is 85.0 cm³/mol. The molecule has 1 aliphatic rings. The van der Waals surface area contributed by atoms with Gasteiger partial charge in [-0.15, -0.1) is 0 Å². The standard InChI is InChI=1S/C17H26N2O2/c1-17(2,3)16(21)19-9-7-14(8-10-19)18-15-6-4-5-13(11-15)12-20/h4-6,11,14,18,20H,7-10,12H2,1-3H3. The van der Waals surface area contributed by atoms with E-state index in [1.54, 1.807) is 0 Å². The molecule has 4 nitrogen and oxygen atoms in total. The predicted octanol–water partition coefficient (Wildman–Crippen LogP) is 2.63. The molecule has 0 aliphatic carbocycles. The lowest BCUT2D eigenvalue weighted by Gasteiger charge is -2.36. The maximum Gasteiger partial charge on any atom is 0.227 e. The van der Waals surface area contributed by atoms with Crippen LogP contribution in [0, 0.1) is 5.41 Å². The highest BCUT2D eigenvalue weighted by molar-refractivity contribution is 5.81. The van der Waals surface area contributed by atoms with Gasteiger partial charge in [-0.1, -0.05) is 32.9 Å². The number of nitrogens with zero attached hydrogens (tertiary/aromatic N) is 1. The van der Waals surface area contributed by atoms with Crippen molar-refractivity contribution >= 4 is 11.6 Å². The second-order valence-electron chi connectivity index (χ2n) is 6.82. The summed E-state index contributed by atoms with van der Waals surface area (Å²) in [6.45, 7) is 7.61. The molecule has 4 heteroatoms. The van der Waals surface area contributed by atoms with E-state index in [-0.39, 0.29) is 17.9 Å². The van der Waals surface area contributed by atoms with Gasteiger partial charge in [-0.3, -0.25) is 4.79 Å². The van der Waals surface area contributed by atoms with Crippen LogP contribution < -0.4 is 5.32 Å². The lowest BCUT2D eigenvalue weighted by molar-refractivity contribution is -0.140. The highest BCUT2D eigenvalue weighted by Crippen LogP contribution is 2.22. The summed E-state index contributed by atoms with van der Waals surface area (Å²) in [6, 6.07) is 8.25. The maximum absolute atomic E-state index is 12.2. The fourth-order valence-electron chi connectivity index (χ4n) is 2.70. The molecule has 0 bridgehead atoms. The summed E-state index contributed by atoms with van der Waals surface area (Å²) >= 11 is 0. The number of carbonyl (C=O) groups is 1. The van der Waals surface area contributed by atoms with Crippen LogP contribution in [0.2, 0.25) is 0 Å². The van der Waals surface area contributed by atoms with Gasteiger partial charge in [0.05, 0.1) is 6.61 Å². The Labute approximate surface area is 127 Å². The van der Waals surface area contributed by atoms with Crippen molar-refractivity contribution in [2.24, 2.45) is 5.41 Å². The minimum absolute atomic E-state index is 0.0635. The van der Waals surface area contributed by atoms with Gasteiger partial charge >= 0.3 is 0 Å². The van der Waals surface area contributed by atoms with Crippen LogP contribution in [0.15, 0.2) is 24.3 Å². The van der Waals surface area contributed by atoms with Crippen LogP contribution in [0.3, 0.4) is 0 Å². The van der Waals surface area contributed by atoms with Gasteiger partial charge in [0.2, 0.25) is 5.91 Å². The maximum atomic E-state index is 12.2. The van der Waals surface area contributed by atoms with E-state index >= 15 is 0 Å². The number of aliphatic hydroxyl groups excluding tert-OH is 1. The van der Waals surface area contributed by atoms with Crippen LogP contribution in [-0.4, -0.2) is 35.0 Å². The Morgan fingerprint density at radius 3 is 2.57 bits per heavy atom. The summed E-state index contributed by atoms with van der Waals surface area (Å²) in [5.74, 6) is 0.239. The molecule has 0 spiro atoms. The van der Waals surface area contributed by atoms with Crippen LogP contribution in [0.4, 0.5) is 5.69 Å². The number of benzene rings is 1. The second-order valence-corrected chi connectivity index (χ2v) is 6.82. The molecule has 2 rings (SSSR count). The molecule has 1 fully saturated rings. The summed E-state index contributed by atoms with van der Waals surface area (Å²) in [6.07, 6.45) is 1.93. The fraction of sp³-hybridized carbons (Fsp3) is 0.588. The molecule has 116 valence electrons. The molecule has 0 radical (unpaired) electrons. The van der Waals surface area contributed by atoms with E-state index in [2.05, 4.69) is 5.32 Å². The van der Waals surface area contributed by atoms with Gasteiger partial charge in [0, 0.05) is 30.2 Å². The molecular weight excluding hydrogens is 264 g/mol. The van der Waals surface area contributed by atoms with Gasteiger partial charge in [0.1, 0.15) is 0 Å². The minimum Gasteiger partial charge on any atom is -0.392 e. The van der Waals surface area contributed by atoms with Crippen molar-refractivity contribution in [3.05, 3.63) is 29.8 Å². The number of carbonyl (C=O) groups excluding carboxylic acids is 1. The lowest BCUT2D eigenvalue weighted by Crippen LogP contribution is -2.46. The van der Waals surface area contributed by atoms with Crippen LogP contribution in [-0.2, 0) is 11.4 Å². The molecule has 1 aromatic carbocycles. The first kappa shape index (κ1) is 15.8. The number of nitrogens with one attached hydrogen (secondary N) is 1. The molecule has 1 aromatic rings. The Hall–Kier alpha value is -1.55. The van der Waals surface area contributed by atoms with Crippen molar-refractivity contribution < 1.29 is 9.90 Å². The molecule has 21 heavy (non-hydrogen) atoms. The van der Waals surface area contributed by atoms with Crippen LogP contribution >= 0.6 is 0 Å². The summed E-state index contributed by atoms with van der Waals surface area (Å²) in [5.41, 5.74) is 1.66. The number of aliphatic hydroxyl groups is 1. The van der Waals surface area contributed by atoms with Crippen molar-refractivity contribution in [3.8, 4) is 0 Å². The third kappa shape index (κ3) is 4.21. The van der Waals surface area contributed by atoms with Crippen LogP contribution in [0.1, 0.15) is 39.2 Å². The largest absolute Gasteiger partial charge is 0.392 e. The summed E-state index contributed by atoms with van der Waals surface area (Å²) in [5, 5.41) is 12.7. The van der Waals surface area contributed by atoms with E-state index < -0.39 is 0 Å². The Bertz CT molecular complexity index is 486. The molecule has 0 aromatic heterocycles. The summed E-state index contributed by atoms with van der Waals surface area (Å²) in [7, 11) is 0. The van der Waals surface area contributed by atoms with E-state index in [0.717, 1.165) is 37.2 Å². The van der Waals surface area contributed by atoms with Crippen LogP contribution in [0.5, 0.6) is 0 Å². The first-order chi connectivity index (χ1) is 9.90. The van der Waals surface area contributed by atoms with E-state index in [1.807, 2.05) is 49.9 Å². The Morgan fingerprint density at radius 1 is 1.33 bits per heavy atom. The molecule has 1 aliphatic heterocycles. The summed E-state index contributed by atoms with van der Waals surface area (Å²) in [4.78, 5) is 14.2. The zero-order valence-corrected chi connectivity index (χ0v) is 13.2. The number of hydrogen-bond donors (Lipinski definition) is 2. The van der Waals surface area contributed by atoms with E-state index in [1.165, 1.54) is 0 Å². The van der Waals surface area contributed by atoms with Crippen molar-refractivity contribution in [1.82, 2.24) is 4.90 Å². The first-order valence-corrected chi connectivity index (χ1v) is 7.66. The van der Waals surface area contributed by atoms with Gasteiger partial charge in [0.15, 0.2) is 0 Å². The number of anilines is 1. The molecule has 0 unspecified atom stereocenters. The monoisotopic (exact) mass is 290 g/mol. The molecule has 2 N–H and O–H groups in total. The molecule has 1 heterocycles. The third-order valence-electron chi connectivity index (χ3n) is 3.90. The first-order valence-electron chi connectivity index (χ1n) is 7.66. The van der Waals surface area contributed by atoms with E-state index in [0.29, 0.717) is 6.04 Å². The Morgan fingerprint density at radius 2 is 2.00 bits per heavy atom. The van der Waals surface area contributed by atoms with Gasteiger partial charge in [-0.25, -0.2) is 0 Å². The van der Waals surface area contributed by atoms with Gasteiger partial charge in [-0.2, -0.15) is 0 Å². The Kier molecular flexibility index (Phi) is 4.88. The quantitative estimate of drug-likeness (QED) is 0.900. The second kappa shape index (κ2) is 6.48. The van der Waals surface area contributed by atoms with E-state index in [9.17, 15) is 4.79 Å². The average molecular weight is 290 g/mol. The molecule has 0 saturated carbocycles. The van der Waals surface area contributed by atoms with E-state index in [4.69, 9.17) is 5.11 Å². The highest BCUT2D eigenvalue weighted by Gasteiger charge is 2.30. The number of likely N-dealkylation sites (tertiary alicyclic amines) is 1. The zero-order valence-electron chi connectivity index (χ0n) is 13.2. The topological polar surface area (TPSA) is 52.6 Å². The van der Waals surface area contributed by atoms with Gasteiger partial charge in [0.25, 0.3) is 0 Å². The van der Waals surface area contributed by atoms with Gasteiger partial charge in [-0.05, 0) is 30.5 Å². The zero-order chi connectivity index (χ0) is 15.5. The molecule has 1 saturated heterocycles. The highest BCUT2D eigenvalue weighted by atomic mass is 16.3. The smallest absolute Gasteiger partial charge is 0.227 e. The fourth-order valence-corrected chi connectivity index (χ4v) is 2.70.